The maximum atomic E-state index is 13.5. The van der Waals surface area contributed by atoms with Gasteiger partial charge >= 0.3 is 0 Å². The Morgan fingerprint density at radius 3 is 2.24 bits per heavy atom. The van der Waals surface area contributed by atoms with E-state index in [-0.39, 0.29) is 22.9 Å². The Labute approximate surface area is 199 Å². The number of hydrogen-bond acceptors (Lipinski definition) is 5. The molecule has 0 radical (unpaired) electrons. The van der Waals surface area contributed by atoms with Crippen LogP contribution in [0.1, 0.15) is 12.5 Å². The first-order valence-electron chi connectivity index (χ1n) is 10.6. The highest BCUT2D eigenvalue weighted by molar-refractivity contribution is 7.92. The molecular formula is C25H27FN2O5S. The maximum absolute atomic E-state index is 13.5. The van der Waals surface area contributed by atoms with Crippen LogP contribution < -0.4 is 13.8 Å². The van der Waals surface area contributed by atoms with Gasteiger partial charge < -0.3 is 14.4 Å². The summed E-state index contributed by atoms with van der Waals surface area (Å²) in [6, 6.07) is 18.3. The van der Waals surface area contributed by atoms with Crippen molar-refractivity contribution in [2.75, 3.05) is 31.6 Å². The van der Waals surface area contributed by atoms with E-state index in [0.29, 0.717) is 6.61 Å². The van der Waals surface area contributed by atoms with Gasteiger partial charge in [-0.25, -0.2) is 12.8 Å². The van der Waals surface area contributed by atoms with Crippen molar-refractivity contribution in [3.05, 3.63) is 84.2 Å². The average Bonchev–Trinajstić information content (AvgIpc) is 2.84. The summed E-state index contributed by atoms with van der Waals surface area (Å²) in [6.45, 7) is 2.27. The van der Waals surface area contributed by atoms with Crippen molar-refractivity contribution >= 4 is 21.6 Å². The predicted molar refractivity (Wildman–Crippen MR) is 128 cm³/mol. The Balaban J connectivity index is 1.89. The van der Waals surface area contributed by atoms with Gasteiger partial charge in [0.1, 0.15) is 23.9 Å². The van der Waals surface area contributed by atoms with E-state index in [4.69, 9.17) is 9.47 Å². The third-order valence-corrected chi connectivity index (χ3v) is 6.89. The van der Waals surface area contributed by atoms with Crippen molar-refractivity contribution in [1.82, 2.24) is 4.90 Å². The molecule has 0 saturated heterocycles. The van der Waals surface area contributed by atoms with Gasteiger partial charge in [-0.15, -0.1) is 0 Å². The number of carbonyl (C=O) groups excluding carboxylic acids is 1. The topological polar surface area (TPSA) is 76.2 Å². The second-order valence-electron chi connectivity index (χ2n) is 7.46. The van der Waals surface area contributed by atoms with E-state index in [9.17, 15) is 17.6 Å². The zero-order chi connectivity index (χ0) is 24.7. The predicted octanol–water partition coefficient (Wildman–Crippen LogP) is 4.09. The van der Waals surface area contributed by atoms with Crippen LogP contribution in [-0.4, -0.2) is 46.5 Å². The van der Waals surface area contributed by atoms with Gasteiger partial charge in [-0.3, -0.25) is 9.10 Å². The summed E-state index contributed by atoms with van der Waals surface area (Å²) in [5.41, 5.74) is 1.07. The average molecular weight is 487 g/mol. The quantitative estimate of drug-likeness (QED) is 0.432. The van der Waals surface area contributed by atoms with Crippen LogP contribution in [0.2, 0.25) is 0 Å². The number of sulfonamides is 1. The first-order valence-corrected chi connectivity index (χ1v) is 12.1. The molecule has 0 aliphatic rings. The molecule has 180 valence electrons. The molecule has 0 aliphatic heterocycles. The number of likely N-dealkylation sites (N-methyl/N-ethyl adjacent to an activating group) is 1. The lowest BCUT2D eigenvalue weighted by Gasteiger charge is -2.27. The van der Waals surface area contributed by atoms with Crippen LogP contribution in [0.3, 0.4) is 0 Å². The number of hydrogen-bond donors (Lipinski definition) is 0. The monoisotopic (exact) mass is 486 g/mol. The third kappa shape index (κ3) is 5.85. The summed E-state index contributed by atoms with van der Waals surface area (Å²) >= 11 is 0. The van der Waals surface area contributed by atoms with Gasteiger partial charge in [0.05, 0.1) is 24.3 Å². The van der Waals surface area contributed by atoms with Gasteiger partial charge in [0, 0.05) is 13.6 Å². The highest BCUT2D eigenvalue weighted by atomic mass is 32.2. The van der Waals surface area contributed by atoms with Gasteiger partial charge in [-0.05, 0) is 61.0 Å². The normalized spacial score (nSPS) is 11.1. The summed E-state index contributed by atoms with van der Waals surface area (Å²) < 4.78 is 52.2. The van der Waals surface area contributed by atoms with Crippen LogP contribution in [0.5, 0.6) is 11.5 Å². The Bertz CT molecular complexity index is 1210. The summed E-state index contributed by atoms with van der Waals surface area (Å²) in [4.78, 5) is 14.4. The van der Waals surface area contributed by atoms with Crippen LogP contribution in [0, 0.1) is 5.82 Å². The Kier molecular flexibility index (Phi) is 8.12. The van der Waals surface area contributed by atoms with Crippen molar-refractivity contribution in [2.24, 2.45) is 0 Å². The van der Waals surface area contributed by atoms with E-state index in [2.05, 4.69) is 0 Å². The SMILES string of the molecule is CCOc1ccc(CN(C)C(=O)CN(c2ccccc2OC)S(=O)(=O)c2ccc(F)cc2)cc1. The van der Waals surface area contributed by atoms with E-state index in [1.807, 2.05) is 31.2 Å². The van der Waals surface area contributed by atoms with E-state index in [0.717, 1.165) is 27.8 Å². The molecule has 0 heterocycles. The molecule has 0 N–H and O–H groups in total. The first kappa shape index (κ1) is 25.0. The van der Waals surface area contributed by atoms with E-state index in [1.165, 1.54) is 24.1 Å². The minimum atomic E-state index is -4.19. The summed E-state index contributed by atoms with van der Waals surface area (Å²) in [7, 11) is -1.18. The molecule has 9 heteroatoms. The minimum absolute atomic E-state index is 0.137. The van der Waals surface area contributed by atoms with E-state index >= 15 is 0 Å². The molecule has 0 unspecified atom stereocenters. The molecule has 0 spiro atoms. The van der Waals surface area contributed by atoms with Gasteiger partial charge in [-0.1, -0.05) is 24.3 Å². The number of para-hydroxylation sites is 2. The third-order valence-electron chi connectivity index (χ3n) is 5.11. The molecule has 0 aromatic heterocycles. The lowest BCUT2D eigenvalue weighted by molar-refractivity contribution is -0.128. The highest BCUT2D eigenvalue weighted by Gasteiger charge is 2.30. The molecule has 3 aromatic carbocycles. The van der Waals surface area contributed by atoms with Gasteiger partial charge in [-0.2, -0.15) is 0 Å². The zero-order valence-corrected chi connectivity index (χ0v) is 20.1. The van der Waals surface area contributed by atoms with Crippen LogP contribution in [0.15, 0.2) is 77.7 Å². The smallest absolute Gasteiger partial charge is 0.264 e. The van der Waals surface area contributed by atoms with Crippen LogP contribution >= 0.6 is 0 Å². The molecule has 0 saturated carbocycles. The number of rotatable bonds is 10. The zero-order valence-electron chi connectivity index (χ0n) is 19.3. The Hall–Kier alpha value is -3.59. The lowest BCUT2D eigenvalue weighted by Crippen LogP contribution is -2.41. The number of methoxy groups -OCH3 is 1. The van der Waals surface area contributed by atoms with Crippen molar-refractivity contribution in [1.29, 1.82) is 0 Å². The summed E-state index contributed by atoms with van der Waals surface area (Å²) in [5, 5.41) is 0. The number of amides is 1. The molecule has 0 aliphatic carbocycles. The largest absolute Gasteiger partial charge is 0.495 e. The fourth-order valence-corrected chi connectivity index (χ4v) is 4.76. The number of nitrogens with zero attached hydrogens (tertiary/aromatic N) is 2. The number of benzene rings is 3. The Morgan fingerprint density at radius 2 is 1.62 bits per heavy atom. The first-order chi connectivity index (χ1) is 16.3. The van der Waals surface area contributed by atoms with E-state index < -0.39 is 28.3 Å². The molecule has 7 nitrogen and oxygen atoms in total. The summed E-state index contributed by atoms with van der Waals surface area (Å²) in [6.07, 6.45) is 0. The molecule has 0 bridgehead atoms. The standard InChI is InChI=1S/C25H27FN2O5S/c1-4-33-21-13-9-19(10-14-21)17-27(2)25(29)18-28(23-7-5-6-8-24(23)32-3)34(30,31)22-15-11-20(26)12-16-22/h5-16H,4,17-18H2,1-3H3. The van der Waals surface area contributed by atoms with Gasteiger partial charge in [0.2, 0.25) is 5.91 Å². The van der Waals surface area contributed by atoms with Crippen molar-refractivity contribution in [2.45, 2.75) is 18.4 Å². The fraction of sp³-hybridized carbons (Fsp3) is 0.240. The van der Waals surface area contributed by atoms with E-state index in [1.54, 1.807) is 31.3 Å². The van der Waals surface area contributed by atoms with Crippen molar-refractivity contribution in [3.8, 4) is 11.5 Å². The van der Waals surface area contributed by atoms with Crippen LogP contribution in [0.25, 0.3) is 0 Å². The fourth-order valence-electron chi connectivity index (χ4n) is 3.33. The minimum Gasteiger partial charge on any atom is -0.495 e. The number of carbonyl (C=O) groups is 1. The van der Waals surface area contributed by atoms with Crippen molar-refractivity contribution < 1.29 is 27.1 Å². The molecule has 3 aromatic rings. The number of halogens is 1. The van der Waals surface area contributed by atoms with Crippen LogP contribution in [-0.2, 0) is 21.4 Å². The maximum Gasteiger partial charge on any atom is 0.264 e. The molecule has 1 amide bonds. The second kappa shape index (κ2) is 11.0. The van der Waals surface area contributed by atoms with Gasteiger partial charge in [0.25, 0.3) is 10.0 Å². The van der Waals surface area contributed by atoms with Crippen LogP contribution in [0.4, 0.5) is 10.1 Å². The highest BCUT2D eigenvalue weighted by Crippen LogP contribution is 2.32. The lowest BCUT2D eigenvalue weighted by atomic mass is 10.2. The number of ether oxygens (including phenoxy) is 2. The number of anilines is 1. The second-order valence-corrected chi connectivity index (χ2v) is 9.33. The molecule has 34 heavy (non-hydrogen) atoms. The molecule has 0 fully saturated rings. The molecule has 0 atom stereocenters. The summed E-state index contributed by atoms with van der Waals surface area (Å²) in [5.74, 6) is 0.0301. The van der Waals surface area contributed by atoms with Gasteiger partial charge in [0.15, 0.2) is 0 Å². The van der Waals surface area contributed by atoms with Crippen molar-refractivity contribution in [3.63, 3.8) is 0 Å². The molecular weight excluding hydrogens is 459 g/mol. The molecule has 3 rings (SSSR count). The Morgan fingerprint density at radius 1 is 0.971 bits per heavy atom.